The van der Waals surface area contributed by atoms with Gasteiger partial charge in [-0.15, -0.1) is 0 Å². The molecular formula is C13H22. The van der Waals surface area contributed by atoms with Crippen LogP contribution in [0.4, 0.5) is 0 Å². The van der Waals surface area contributed by atoms with Crippen LogP contribution in [0.1, 0.15) is 40.5 Å². The van der Waals surface area contributed by atoms with Crippen molar-refractivity contribution in [2.24, 2.45) is 17.3 Å². The smallest absolute Gasteiger partial charge is 0.0225 e. The summed E-state index contributed by atoms with van der Waals surface area (Å²) in [6.45, 7) is 9.23. The highest BCUT2D eigenvalue weighted by Gasteiger charge is 2.32. The van der Waals surface area contributed by atoms with E-state index in [1.807, 2.05) is 0 Å². The van der Waals surface area contributed by atoms with Crippen molar-refractivity contribution in [3.63, 3.8) is 0 Å². The lowest BCUT2D eigenvalue weighted by molar-refractivity contribution is 0.162. The van der Waals surface area contributed by atoms with Crippen LogP contribution in [0.25, 0.3) is 0 Å². The van der Waals surface area contributed by atoms with Crippen LogP contribution in [-0.2, 0) is 0 Å². The van der Waals surface area contributed by atoms with Crippen molar-refractivity contribution in [2.75, 3.05) is 0 Å². The summed E-state index contributed by atoms with van der Waals surface area (Å²) in [5.74, 6) is 1.55. The van der Waals surface area contributed by atoms with Crippen molar-refractivity contribution in [1.29, 1.82) is 0 Å². The van der Waals surface area contributed by atoms with E-state index in [9.17, 15) is 0 Å². The van der Waals surface area contributed by atoms with Crippen molar-refractivity contribution in [1.82, 2.24) is 0 Å². The highest BCUT2D eigenvalue weighted by molar-refractivity contribution is 5.04. The summed E-state index contributed by atoms with van der Waals surface area (Å²) >= 11 is 0. The maximum Gasteiger partial charge on any atom is -0.0225 e. The van der Waals surface area contributed by atoms with Gasteiger partial charge in [-0.25, -0.2) is 0 Å². The molecule has 0 heterocycles. The van der Waals surface area contributed by atoms with E-state index >= 15 is 0 Å². The van der Waals surface area contributed by atoms with E-state index in [0.29, 0.717) is 5.41 Å². The molecule has 0 N–H and O–H groups in total. The zero-order valence-corrected chi connectivity index (χ0v) is 9.38. The molecule has 1 aliphatic rings. The summed E-state index contributed by atoms with van der Waals surface area (Å²) < 4.78 is 0. The van der Waals surface area contributed by atoms with E-state index in [0.717, 1.165) is 11.8 Å². The Bertz CT molecular complexity index is 208. The van der Waals surface area contributed by atoms with Crippen LogP contribution in [0.3, 0.4) is 0 Å². The third-order valence-electron chi connectivity index (χ3n) is 3.35. The maximum atomic E-state index is 2.39. The van der Waals surface area contributed by atoms with Crippen LogP contribution in [0.2, 0.25) is 0 Å². The first-order valence-electron chi connectivity index (χ1n) is 5.36. The molecule has 0 heteroatoms. The number of hydrogen-bond donors (Lipinski definition) is 0. The zero-order chi connectivity index (χ0) is 9.90. The monoisotopic (exact) mass is 178 g/mol. The Morgan fingerprint density at radius 3 is 2.69 bits per heavy atom. The molecule has 13 heavy (non-hydrogen) atoms. The van der Waals surface area contributed by atoms with Crippen molar-refractivity contribution < 1.29 is 0 Å². The normalized spacial score (nSPS) is 32.6. The van der Waals surface area contributed by atoms with E-state index in [-0.39, 0.29) is 0 Å². The highest BCUT2D eigenvalue weighted by Crippen LogP contribution is 2.42. The van der Waals surface area contributed by atoms with Gasteiger partial charge >= 0.3 is 0 Å². The van der Waals surface area contributed by atoms with Gasteiger partial charge in [0.1, 0.15) is 0 Å². The largest absolute Gasteiger partial charge is 0.0917 e. The number of allylic oxidation sites excluding steroid dienone is 4. The Balaban J connectivity index is 2.71. The molecule has 0 aromatic rings. The van der Waals surface area contributed by atoms with Gasteiger partial charge in [0.2, 0.25) is 0 Å². The van der Waals surface area contributed by atoms with E-state index in [2.05, 4.69) is 52.0 Å². The summed E-state index contributed by atoms with van der Waals surface area (Å²) in [4.78, 5) is 0. The fourth-order valence-electron chi connectivity index (χ4n) is 2.40. The van der Waals surface area contributed by atoms with Gasteiger partial charge in [0.25, 0.3) is 0 Å². The van der Waals surface area contributed by atoms with Crippen LogP contribution in [0, 0.1) is 17.3 Å². The Hall–Kier alpha value is -0.520. The van der Waals surface area contributed by atoms with Crippen molar-refractivity contribution in [3.8, 4) is 0 Å². The topological polar surface area (TPSA) is 0 Å². The molecule has 0 nitrogen and oxygen atoms in total. The molecule has 0 aliphatic heterocycles. The van der Waals surface area contributed by atoms with E-state index in [4.69, 9.17) is 0 Å². The van der Waals surface area contributed by atoms with Crippen molar-refractivity contribution in [3.05, 3.63) is 24.3 Å². The molecule has 0 fully saturated rings. The summed E-state index contributed by atoms with van der Waals surface area (Å²) in [5.41, 5.74) is 0.480. The molecule has 2 unspecified atom stereocenters. The molecular weight excluding hydrogens is 156 g/mol. The number of hydrogen-bond acceptors (Lipinski definition) is 0. The fourth-order valence-corrected chi connectivity index (χ4v) is 2.40. The maximum absolute atomic E-state index is 2.39. The molecule has 0 aromatic heterocycles. The second-order valence-corrected chi connectivity index (χ2v) is 4.89. The Labute approximate surface area is 82.7 Å². The van der Waals surface area contributed by atoms with Crippen molar-refractivity contribution in [2.45, 2.75) is 40.5 Å². The molecule has 0 amide bonds. The second-order valence-electron chi connectivity index (χ2n) is 4.89. The molecule has 0 saturated heterocycles. The van der Waals surface area contributed by atoms with Gasteiger partial charge in [-0.1, -0.05) is 45.1 Å². The van der Waals surface area contributed by atoms with E-state index in [1.165, 1.54) is 12.8 Å². The molecule has 0 spiro atoms. The van der Waals surface area contributed by atoms with Gasteiger partial charge in [0.15, 0.2) is 0 Å². The van der Waals surface area contributed by atoms with Crippen LogP contribution in [0.5, 0.6) is 0 Å². The minimum atomic E-state index is 0.480. The lowest BCUT2D eigenvalue weighted by atomic mass is 9.66. The zero-order valence-electron chi connectivity index (χ0n) is 9.38. The third kappa shape index (κ3) is 2.46. The highest BCUT2D eigenvalue weighted by atomic mass is 14.4. The van der Waals surface area contributed by atoms with Gasteiger partial charge < -0.3 is 0 Å². The SMILES string of the molecule is C/C=C/CC1C(C)C=CCC1(C)C. The lowest BCUT2D eigenvalue weighted by Gasteiger charge is -2.39. The molecule has 0 aromatic carbocycles. The minimum absolute atomic E-state index is 0.480. The van der Waals surface area contributed by atoms with Crippen LogP contribution >= 0.6 is 0 Å². The van der Waals surface area contributed by atoms with Gasteiger partial charge in [-0.2, -0.15) is 0 Å². The van der Waals surface area contributed by atoms with Gasteiger partial charge in [0, 0.05) is 0 Å². The van der Waals surface area contributed by atoms with Crippen molar-refractivity contribution >= 4 is 0 Å². The Morgan fingerprint density at radius 1 is 1.46 bits per heavy atom. The molecule has 1 aliphatic carbocycles. The quantitative estimate of drug-likeness (QED) is 0.556. The molecule has 0 saturated carbocycles. The molecule has 2 atom stereocenters. The summed E-state index contributed by atoms with van der Waals surface area (Å²) in [5, 5.41) is 0. The second kappa shape index (κ2) is 4.13. The summed E-state index contributed by atoms with van der Waals surface area (Å²) in [6.07, 6.45) is 11.7. The Morgan fingerprint density at radius 2 is 2.15 bits per heavy atom. The first-order chi connectivity index (χ1) is 6.08. The average Bonchev–Trinajstić information content (AvgIpc) is 2.02. The van der Waals surface area contributed by atoms with Crippen LogP contribution < -0.4 is 0 Å². The standard InChI is InChI=1S/C13H22/c1-5-6-9-12-11(2)8-7-10-13(12,3)4/h5-8,11-12H,9-10H2,1-4H3/b6-5+. The van der Waals surface area contributed by atoms with Gasteiger partial charge in [-0.3, -0.25) is 0 Å². The molecule has 0 bridgehead atoms. The van der Waals surface area contributed by atoms with E-state index in [1.54, 1.807) is 0 Å². The number of rotatable bonds is 2. The first-order valence-corrected chi connectivity index (χ1v) is 5.36. The Kier molecular flexibility index (Phi) is 3.35. The molecule has 74 valence electrons. The fraction of sp³-hybridized carbons (Fsp3) is 0.692. The summed E-state index contributed by atoms with van der Waals surface area (Å²) in [6, 6.07) is 0. The third-order valence-corrected chi connectivity index (χ3v) is 3.35. The predicted octanol–water partition coefficient (Wildman–Crippen LogP) is 4.19. The van der Waals surface area contributed by atoms with Crippen LogP contribution in [-0.4, -0.2) is 0 Å². The predicted molar refractivity (Wildman–Crippen MR) is 59.6 cm³/mol. The average molecular weight is 178 g/mol. The molecule has 0 radical (unpaired) electrons. The van der Waals surface area contributed by atoms with Crippen LogP contribution in [0.15, 0.2) is 24.3 Å². The van der Waals surface area contributed by atoms with Gasteiger partial charge in [0.05, 0.1) is 0 Å². The lowest BCUT2D eigenvalue weighted by Crippen LogP contribution is -2.30. The van der Waals surface area contributed by atoms with Gasteiger partial charge in [-0.05, 0) is 37.0 Å². The molecule has 1 rings (SSSR count). The van der Waals surface area contributed by atoms with E-state index < -0.39 is 0 Å². The first kappa shape index (κ1) is 10.6. The minimum Gasteiger partial charge on any atom is -0.0917 e. The summed E-state index contributed by atoms with van der Waals surface area (Å²) in [7, 11) is 0.